The first kappa shape index (κ1) is 31.7. The Hall–Kier alpha value is -4.50. The van der Waals surface area contributed by atoms with E-state index in [0.717, 1.165) is 0 Å². The molecule has 12 N–H and O–H groups in total. The monoisotopic (exact) mass is 559 g/mol. The van der Waals surface area contributed by atoms with Crippen LogP contribution in [0.2, 0.25) is 0 Å². The zero-order chi connectivity index (χ0) is 29.7. The highest BCUT2D eigenvalue weighted by atomic mass is 16.4. The molecule has 2 rings (SSSR count). The lowest BCUT2D eigenvalue weighted by Crippen LogP contribution is -2.60. The number of amides is 3. The molecule has 0 spiro atoms. The molecule has 2 aromatic rings. The highest BCUT2D eigenvalue weighted by Crippen LogP contribution is 2.07. The number of rotatable bonds is 16. The molecule has 0 aliphatic carbocycles. The molecule has 15 heteroatoms. The van der Waals surface area contributed by atoms with Gasteiger partial charge in [0.15, 0.2) is 5.96 Å². The second kappa shape index (κ2) is 15.8. The van der Waals surface area contributed by atoms with Crippen LogP contribution in [0.5, 0.6) is 0 Å². The van der Waals surface area contributed by atoms with Gasteiger partial charge in [-0.1, -0.05) is 30.3 Å². The van der Waals surface area contributed by atoms with Crippen molar-refractivity contribution >= 4 is 29.7 Å². The molecule has 0 fully saturated rings. The fraction of sp³-hybridized carbons (Fsp3) is 0.440. The number of H-pyrrole nitrogens is 1. The minimum absolute atomic E-state index is 0.0138. The van der Waals surface area contributed by atoms with E-state index in [0.29, 0.717) is 11.3 Å². The smallest absolute Gasteiger partial charge is 0.326 e. The van der Waals surface area contributed by atoms with Crippen molar-refractivity contribution < 1.29 is 29.4 Å². The minimum Gasteiger partial charge on any atom is -0.480 e. The van der Waals surface area contributed by atoms with Gasteiger partial charge in [0.2, 0.25) is 17.7 Å². The molecule has 1 aromatic carbocycles. The predicted molar refractivity (Wildman–Crippen MR) is 145 cm³/mol. The third kappa shape index (κ3) is 10.7. The third-order valence-corrected chi connectivity index (χ3v) is 5.87. The predicted octanol–water partition coefficient (Wildman–Crippen LogP) is -2.50. The van der Waals surface area contributed by atoms with Crippen LogP contribution in [-0.2, 0) is 32.0 Å². The lowest BCUT2D eigenvalue weighted by atomic mass is 10.0. The highest BCUT2D eigenvalue weighted by Gasteiger charge is 2.32. The second-order valence-electron chi connectivity index (χ2n) is 9.21. The number of hydrogen-bond acceptors (Lipinski definition) is 8. The molecule has 5 unspecified atom stereocenters. The van der Waals surface area contributed by atoms with E-state index in [1.807, 2.05) is 0 Å². The van der Waals surface area contributed by atoms with Crippen LogP contribution in [0, 0.1) is 0 Å². The van der Waals surface area contributed by atoms with Crippen molar-refractivity contribution in [1.82, 2.24) is 25.9 Å². The summed E-state index contributed by atoms with van der Waals surface area (Å²) in [6.07, 6.45) is 2.04. The number of nitrogens with two attached hydrogens (primary N) is 3. The number of benzene rings is 1. The lowest BCUT2D eigenvalue weighted by molar-refractivity contribution is -0.143. The van der Waals surface area contributed by atoms with Gasteiger partial charge in [-0.25, -0.2) is 9.78 Å². The first-order chi connectivity index (χ1) is 19.0. The molecule has 15 nitrogen and oxygen atoms in total. The van der Waals surface area contributed by atoms with Crippen LogP contribution in [-0.4, -0.2) is 86.6 Å². The van der Waals surface area contributed by atoms with Crippen molar-refractivity contribution in [3.05, 3.63) is 54.1 Å². The number of aliphatic hydroxyl groups excluding tert-OH is 1. The number of carboxylic acids is 1. The summed E-state index contributed by atoms with van der Waals surface area (Å²) in [6.45, 7) is 1.44. The molecule has 5 atom stereocenters. The van der Waals surface area contributed by atoms with Crippen molar-refractivity contribution in [3.8, 4) is 0 Å². The average Bonchev–Trinajstić information content (AvgIpc) is 3.41. The minimum atomic E-state index is -1.51. The molecular weight excluding hydrogens is 522 g/mol. The Morgan fingerprint density at radius 1 is 1.00 bits per heavy atom. The summed E-state index contributed by atoms with van der Waals surface area (Å²) in [5.41, 5.74) is 17.9. The van der Waals surface area contributed by atoms with E-state index in [-0.39, 0.29) is 38.2 Å². The van der Waals surface area contributed by atoms with E-state index < -0.39 is 54.0 Å². The topological polar surface area (TPSA) is 264 Å². The van der Waals surface area contributed by atoms with Crippen LogP contribution in [0.4, 0.5) is 0 Å². The second-order valence-corrected chi connectivity index (χ2v) is 9.21. The Morgan fingerprint density at radius 3 is 2.25 bits per heavy atom. The van der Waals surface area contributed by atoms with Gasteiger partial charge in [-0.15, -0.1) is 0 Å². The Labute approximate surface area is 231 Å². The molecule has 0 saturated carbocycles. The molecule has 0 radical (unpaired) electrons. The molecule has 0 saturated heterocycles. The number of aliphatic hydroxyl groups is 1. The number of imidazole rings is 1. The van der Waals surface area contributed by atoms with Gasteiger partial charge in [-0.3, -0.25) is 19.4 Å². The maximum absolute atomic E-state index is 13.2. The van der Waals surface area contributed by atoms with Gasteiger partial charge < -0.3 is 48.3 Å². The van der Waals surface area contributed by atoms with Gasteiger partial charge in [-0.05, 0) is 25.3 Å². The summed E-state index contributed by atoms with van der Waals surface area (Å²) in [5.74, 6) is -3.76. The fourth-order valence-corrected chi connectivity index (χ4v) is 3.75. The van der Waals surface area contributed by atoms with Crippen molar-refractivity contribution in [1.29, 1.82) is 0 Å². The van der Waals surface area contributed by atoms with Gasteiger partial charge in [0.1, 0.15) is 18.1 Å². The summed E-state index contributed by atoms with van der Waals surface area (Å²) in [7, 11) is 0. The Morgan fingerprint density at radius 2 is 1.68 bits per heavy atom. The zero-order valence-corrected chi connectivity index (χ0v) is 22.1. The number of nitrogens with one attached hydrogen (secondary N) is 4. The first-order valence-corrected chi connectivity index (χ1v) is 12.6. The summed E-state index contributed by atoms with van der Waals surface area (Å²) in [5, 5.41) is 27.2. The van der Waals surface area contributed by atoms with E-state index in [1.54, 1.807) is 30.3 Å². The van der Waals surface area contributed by atoms with Gasteiger partial charge in [0.25, 0.3) is 0 Å². The molecule has 1 aromatic heterocycles. The molecule has 0 aliphatic heterocycles. The number of carboxylic acid groups (broad SMARTS) is 1. The number of aromatic amines is 1. The molecule has 1 heterocycles. The summed E-state index contributed by atoms with van der Waals surface area (Å²) in [6, 6.07) is 3.65. The zero-order valence-electron chi connectivity index (χ0n) is 22.1. The number of aliphatic imine (C=N–C) groups is 1. The van der Waals surface area contributed by atoms with Crippen LogP contribution < -0.4 is 33.2 Å². The Balaban J connectivity index is 2.12. The first-order valence-electron chi connectivity index (χ1n) is 12.6. The van der Waals surface area contributed by atoms with E-state index in [1.165, 1.54) is 19.4 Å². The number of carbonyl (C=O) groups is 4. The number of nitrogens with zero attached hydrogens (tertiary/aromatic N) is 2. The van der Waals surface area contributed by atoms with Gasteiger partial charge in [0, 0.05) is 31.3 Å². The van der Waals surface area contributed by atoms with Crippen LogP contribution in [0.15, 0.2) is 47.8 Å². The molecular formula is C25H37N9O6. The maximum Gasteiger partial charge on any atom is 0.326 e. The normalized spacial score (nSPS) is 14.6. The number of aromatic nitrogens is 2. The van der Waals surface area contributed by atoms with Gasteiger partial charge >= 0.3 is 5.97 Å². The summed E-state index contributed by atoms with van der Waals surface area (Å²) >= 11 is 0. The van der Waals surface area contributed by atoms with E-state index in [2.05, 4.69) is 30.9 Å². The van der Waals surface area contributed by atoms with Crippen molar-refractivity contribution in [2.75, 3.05) is 6.54 Å². The van der Waals surface area contributed by atoms with Gasteiger partial charge in [-0.2, -0.15) is 0 Å². The highest BCUT2D eigenvalue weighted by molar-refractivity contribution is 5.94. The number of carbonyl (C=O) groups excluding carboxylic acids is 3. The molecule has 0 aliphatic rings. The van der Waals surface area contributed by atoms with Crippen molar-refractivity contribution in [2.45, 2.75) is 62.9 Å². The Kier molecular flexibility index (Phi) is 12.5. The largest absolute Gasteiger partial charge is 0.480 e. The van der Waals surface area contributed by atoms with E-state index in [4.69, 9.17) is 17.2 Å². The van der Waals surface area contributed by atoms with Crippen LogP contribution >= 0.6 is 0 Å². The van der Waals surface area contributed by atoms with Gasteiger partial charge in [0.05, 0.1) is 18.5 Å². The van der Waals surface area contributed by atoms with E-state index >= 15 is 0 Å². The molecule has 218 valence electrons. The van der Waals surface area contributed by atoms with Crippen molar-refractivity contribution in [3.63, 3.8) is 0 Å². The maximum atomic E-state index is 13.2. The quantitative estimate of drug-likeness (QED) is 0.0592. The molecule has 0 bridgehead atoms. The number of aliphatic carboxylic acids is 1. The summed E-state index contributed by atoms with van der Waals surface area (Å²) < 4.78 is 0. The average molecular weight is 560 g/mol. The molecule has 3 amide bonds. The number of guanidine groups is 1. The third-order valence-electron chi connectivity index (χ3n) is 5.87. The SMILES string of the molecule is CC(O)C(NC(=O)C(CCCN=C(N)N)NC(=O)C(N)Cc1cnc[nH]1)C(=O)NC(Cc1ccccc1)C(=O)O. The van der Waals surface area contributed by atoms with Crippen LogP contribution in [0.25, 0.3) is 0 Å². The lowest BCUT2D eigenvalue weighted by Gasteiger charge is -2.26. The van der Waals surface area contributed by atoms with Crippen LogP contribution in [0.1, 0.15) is 31.0 Å². The fourth-order valence-electron chi connectivity index (χ4n) is 3.75. The summed E-state index contributed by atoms with van der Waals surface area (Å²) in [4.78, 5) is 61.3. The van der Waals surface area contributed by atoms with Crippen LogP contribution in [0.3, 0.4) is 0 Å². The molecule has 40 heavy (non-hydrogen) atoms. The number of hydrogen-bond donors (Lipinski definition) is 9. The van der Waals surface area contributed by atoms with E-state index in [9.17, 15) is 29.4 Å². The Bertz CT molecular complexity index is 1140. The van der Waals surface area contributed by atoms with Crippen molar-refractivity contribution in [2.24, 2.45) is 22.2 Å². The standard InChI is InChI=1S/C25H37N9O6/c1-14(35)20(23(38)33-19(24(39)40)10-15-6-3-2-4-7-15)34-22(37)18(8-5-9-30-25(27)28)32-21(36)17(26)11-16-12-29-13-31-16/h2-4,6-7,12-14,17-20,35H,5,8-11,26H2,1H3,(H,29,31)(H,32,36)(H,33,38)(H,34,37)(H,39,40)(H4,27,28,30).